The monoisotopic (exact) mass is 119 g/mol. The highest BCUT2D eigenvalue weighted by Gasteiger charge is 2.38. The topological polar surface area (TPSA) is 29.1 Å². The third-order valence-corrected chi connectivity index (χ3v) is 0.810. The van der Waals surface area contributed by atoms with Crippen LogP contribution in [-0.4, -0.2) is 11.8 Å². The van der Waals surface area contributed by atoms with Gasteiger partial charge < -0.3 is 5.32 Å². The van der Waals surface area contributed by atoms with Crippen molar-refractivity contribution in [2.45, 2.75) is 5.92 Å². The molecule has 0 fully saturated rings. The van der Waals surface area contributed by atoms with Gasteiger partial charge in [0.05, 0.1) is 0 Å². The Labute approximate surface area is 44.2 Å². The number of carbonyl (C=O) groups excluding carboxylic acids is 1. The van der Waals surface area contributed by atoms with Crippen LogP contribution in [0.5, 0.6) is 0 Å². The summed E-state index contributed by atoms with van der Waals surface area (Å²) in [7, 11) is 0. The fourth-order valence-corrected chi connectivity index (χ4v) is 0.394. The lowest BCUT2D eigenvalue weighted by Crippen LogP contribution is -2.29. The molecule has 1 rings (SSSR count). The zero-order chi connectivity index (χ0) is 6.20. The van der Waals surface area contributed by atoms with E-state index in [1.807, 2.05) is 5.32 Å². The molecule has 0 radical (unpaired) electrons. The first-order valence-corrected chi connectivity index (χ1v) is 1.99. The van der Waals surface area contributed by atoms with Gasteiger partial charge in [-0.3, -0.25) is 4.79 Å². The van der Waals surface area contributed by atoms with Crippen LogP contribution < -0.4 is 5.32 Å². The maximum absolute atomic E-state index is 11.8. The van der Waals surface area contributed by atoms with Gasteiger partial charge in [0, 0.05) is 12.3 Å². The van der Waals surface area contributed by atoms with Crippen molar-refractivity contribution < 1.29 is 13.6 Å². The van der Waals surface area contributed by atoms with Crippen LogP contribution in [-0.2, 0) is 4.79 Å². The molecule has 1 N–H and O–H groups in total. The number of hydrogen-bond acceptors (Lipinski definition) is 1. The van der Waals surface area contributed by atoms with Gasteiger partial charge in [0.1, 0.15) is 0 Å². The molecule has 0 atom stereocenters. The van der Waals surface area contributed by atoms with Crippen molar-refractivity contribution in [1.29, 1.82) is 0 Å². The number of amides is 1. The molecule has 0 saturated heterocycles. The largest absolute Gasteiger partial charge is 0.345 e. The Morgan fingerprint density at radius 3 is 2.38 bits per heavy atom. The van der Waals surface area contributed by atoms with E-state index in [-0.39, 0.29) is 0 Å². The lowest BCUT2D eigenvalue weighted by atomic mass is 10.4. The third-order valence-electron chi connectivity index (χ3n) is 0.810. The fraction of sp³-hybridized carbons (Fsp3) is 0.250. The second kappa shape index (κ2) is 1.27. The molecule has 0 aliphatic carbocycles. The van der Waals surface area contributed by atoms with E-state index < -0.39 is 11.8 Å². The fourth-order valence-electron chi connectivity index (χ4n) is 0.394. The van der Waals surface area contributed by atoms with Crippen LogP contribution in [0.1, 0.15) is 0 Å². The summed E-state index contributed by atoms with van der Waals surface area (Å²) in [6.45, 7) is 0. The van der Waals surface area contributed by atoms with Crippen LogP contribution in [0.3, 0.4) is 0 Å². The maximum Gasteiger partial charge on any atom is 0.345 e. The predicted molar refractivity (Wildman–Crippen MR) is 22.2 cm³/mol. The molecule has 44 valence electrons. The van der Waals surface area contributed by atoms with E-state index in [9.17, 15) is 13.6 Å². The van der Waals surface area contributed by atoms with Crippen LogP contribution >= 0.6 is 0 Å². The van der Waals surface area contributed by atoms with Crippen molar-refractivity contribution in [3.63, 3.8) is 0 Å². The number of alkyl halides is 2. The molecule has 4 heteroatoms. The molecule has 0 spiro atoms. The van der Waals surface area contributed by atoms with Crippen molar-refractivity contribution in [2.24, 2.45) is 0 Å². The molecule has 0 aromatic heterocycles. The van der Waals surface area contributed by atoms with E-state index in [1.54, 1.807) is 0 Å². The highest BCUT2D eigenvalue weighted by Crippen LogP contribution is 2.18. The van der Waals surface area contributed by atoms with Crippen molar-refractivity contribution in [1.82, 2.24) is 5.32 Å². The van der Waals surface area contributed by atoms with Gasteiger partial charge in [0.25, 0.3) is 5.91 Å². The molecule has 1 amide bonds. The summed E-state index contributed by atoms with van der Waals surface area (Å²) in [4.78, 5) is 9.97. The van der Waals surface area contributed by atoms with E-state index >= 15 is 0 Å². The van der Waals surface area contributed by atoms with Gasteiger partial charge in [0.15, 0.2) is 0 Å². The van der Waals surface area contributed by atoms with E-state index in [4.69, 9.17) is 0 Å². The minimum atomic E-state index is -3.28. The highest BCUT2D eigenvalue weighted by molar-refractivity contribution is 5.88. The van der Waals surface area contributed by atoms with Crippen LogP contribution in [0, 0.1) is 0 Å². The van der Waals surface area contributed by atoms with Gasteiger partial charge in [-0.15, -0.1) is 0 Å². The normalized spacial score (nSPS) is 23.5. The Hall–Kier alpha value is -0.930. The molecule has 0 aromatic rings. The van der Waals surface area contributed by atoms with Crippen LogP contribution in [0.25, 0.3) is 0 Å². The second-order valence-electron chi connectivity index (χ2n) is 1.43. The van der Waals surface area contributed by atoms with E-state index in [1.165, 1.54) is 0 Å². The zero-order valence-corrected chi connectivity index (χ0v) is 3.82. The number of nitrogens with one attached hydrogen (secondary N) is 1. The van der Waals surface area contributed by atoms with Gasteiger partial charge >= 0.3 is 5.92 Å². The van der Waals surface area contributed by atoms with Crippen LogP contribution in [0.4, 0.5) is 8.78 Å². The Morgan fingerprint density at radius 2 is 2.25 bits per heavy atom. The van der Waals surface area contributed by atoms with E-state index in [0.717, 1.165) is 6.20 Å². The molecule has 1 aliphatic rings. The molecule has 8 heavy (non-hydrogen) atoms. The van der Waals surface area contributed by atoms with Crippen molar-refractivity contribution in [3.05, 3.63) is 12.3 Å². The molecule has 1 aliphatic heterocycles. The number of halogens is 2. The summed E-state index contributed by atoms with van der Waals surface area (Å²) < 4.78 is 23.7. The summed E-state index contributed by atoms with van der Waals surface area (Å²) in [5.74, 6) is -4.53. The predicted octanol–water partition coefficient (Wildman–Crippen LogP) is 0.265. The zero-order valence-electron chi connectivity index (χ0n) is 3.82. The molecule has 0 aromatic carbocycles. The van der Waals surface area contributed by atoms with E-state index in [2.05, 4.69) is 0 Å². The average Bonchev–Trinajstić information content (AvgIpc) is 1.86. The SMILES string of the molecule is O=C1NC=CC1(F)F. The second-order valence-corrected chi connectivity index (χ2v) is 1.43. The molecular weight excluding hydrogens is 116 g/mol. The first kappa shape index (κ1) is 5.21. The lowest BCUT2D eigenvalue weighted by Gasteiger charge is -1.99. The smallest absolute Gasteiger partial charge is 0.327 e. The number of carbonyl (C=O) groups is 1. The minimum absolute atomic E-state index is 0.523. The Bertz CT molecular complexity index is 152. The summed E-state index contributed by atoms with van der Waals surface area (Å²) in [5.41, 5.74) is 0. The summed E-state index contributed by atoms with van der Waals surface area (Å²) in [5, 5.41) is 1.84. The third kappa shape index (κ3) is 0.576. The summed E-state index contributed by atoms with van der Waals surface area (Å²) >= 11 is 0. The first-order valence-electron chi connectivity index (χ1n) is 1.99. The quantitative estimate of drug-likeness (QED) is 0.487. The highest BCUT2D eigenvalue weighted by atomic mass is 19.3. The molecule has 0 saturated carbocycles. The number of rotatable bonds is 0. The molecule has 1 heterocycles. The molecule has 2 nitrogen and oxygen atoms in total. The Balaban J connectivity index is 2.82. The Kier molecular flexibility index (Phi) is 0.829. The van der Waals surface area contributed by atoms with Gasteiger partial charge in [0.2, 0.25) is 0 Å². The minimum Gasteiger partial charge on any atom is -0.327 e. The summed E-state index contributed by atoms with van der Waals surface area (Å²) in [6, 6.07) is 0. The van der Waals surface area contributed by atoms with Crippen molar-refractivity contribution in [3.8, 4) is 0 Å². The van der Waals surface area contributed by atoms with Crippen molar-refractivity contribution >= 4 is 5.91 Å². The maximum atomic E-state index is 11.8. The van der Waals surface area contributed by atoms with Gasteiger partial charge in [-0.1, -0.05) is 0 Å². The molecular formula is C4H3F2NO. The molecule has 0 bridgehead atoms. The Morgan fingerprint density at radius 1 is 1.62 bits per heavy atom. The van der Waals surface area contributed by atoms with Crippen molar-refractivity contribution in [2.75, 3.05) is 0 Å². The van der Waals surface area contributed by atoms with Gasteiger partial charge in [-0.25, -0.2) is 0 Å². The average molecular weight is 119 g/mol. The molecule has 0 unspecified atom stereocenters. The van der Waals surface area contributed by atoms with E-state index in [0.29, 0.717) is 6.08 Å². The lowest BCUT2D eigenvalue weighted by molar-refractivity contribution is -0.136. The van der Waals surface area contributed by atoms with Gasteiger partial charge in [-0.05, 0) is 0 Å². The van der Waals surface area contributed by atoms with Gasteiger partial charge in [-0.2, -0.15) is 8.78 Å². The van der Waals surface area contributed by atoms with Crippen LogP contribution in [0.2, 0.25) is 0 Å². The standard InChI is InChI=1S/C4H3F2NO/c5-4(6)1-2-7-3(4)8/h1-2H,(H,7,8). The number of hydrogen-bond donors (Lipinski definition) is 1. The first-order chi connectivity index (χ1) is 3.63. The summed E-state index contributed by atoms with van der Waals surface area (Å²) in [6.07, 6.45) is 1.46. The van der Waals surface area contributed by atoms with Crippen LogP contribution in [0.15, 0.2) is 12.3 Å².